The standard InChI is InChI=1S/C25H52N2O5S/c1-4-5-6-7-8-9-10-11-12-13-14-15-16-20-25(28)26-21-19-23-27(2,3)22-17-18-24-32-33(29,30)31/h4-24H2,1-3H3,(H-,26,28,29,30,31)/p+1. The Bertz CT molecular complexity index is 567. The summed E-state index contributed by atoms with van der Waals surface area (Å²) >= 11 is 0. The predicted octanol–water partition coefficient (Wildman–Crippen LogP) is 5.65. The largest absolute Gasteiger partial charge is 0.397 e. The van der Waals surface area contributed by atoms with Crippen molar-refractivity contribution in [3.63, 3.8) is 0 Å². The number of carbonyl (C=O) groups excluding carboxylic acids is 1. The van der Waals surface area contributed by atoms with Crippen molar-refractivity contribution >= 4 is 16.3 Å². The molecule has 0 unspecified atom stereocenters. The first-order chi connectivity index (χ1) is 15.7. The first kappa shape index (κ1) is 32.3. The fraction of sp³-hybridized carbons (Fsp3) is 0.960. The van der Waals surface area contributed by atoms with Crippen LogP contribution in [0.15, 0.2) is 0 Å². The number of nitrogens with one attached hydrogen (secondary N) is 1. The van der Waals surface area contributed by atoms with E-state index in [4.69, 9.17) is 4.55 Å². The number of amides is 1. The second-order valence-corrected chi connectivity index (χ2v) is 11.1. The highest BCUT2D eigenvalue weighted by Crippen LogP contribution is 2.13. The van der Waals surface area contributed by atoms with Gasteiger partial charge in [-0.25, -0.2) is 4.18 Å². The third-order valence-corrected chi connectivity index (χ3v) is 6.62. The van der Waals surface area contributed by atoms with Gasteiger partial charge in [-0.3, -0.25) is 9.35 Å². The van der Waals surface area contributed by atoms with Gasteiger partial charge in [0.25, 0.3) is 0 Å². The highest BCUT2D eigenvalue weighted by molar-refractivity contribution is 7.80. The van der Waals surface area contributed by atoms with Gasteiger partial charge in [0.1, 0.15) is 0 Å². The topological polar surface area (TPSA) is 92.7 Å². The minimum Gasteiger partial charge on any atom is -0.356 e. The van der Waals surface area contributed by atoms with Crippen LogP contribution in [0, 0.1) is 0 Å². The molecule has 8 heteroatoms. The average molecular weight is 494 g/mol. The van der Waals surface area contributed by atoms with Crippen molar-refractivity contribution in [2.24, 2.45) is 0 Å². The van der Waals surface area contributed by atoms with E-state index < -0.39 is 10.4 Å². The molecular formula is C25H53N2O5S+. The van der Waals surface area contributed by atoms with Crippen molar-refractivity contribution in [1.29, 1.82) is 0 Å². The van der Waals surface area contributed by atoms with Crippen LogP contribution in [0.2, 0.25) is 0 Å². The Labute approximate surface area is 204 Å². The lowest BCUT2D eigenvalue weighted by Gasteiger charge is -2.29. The highest BCUT2D eigenvalue weighted by Gasteiger charge is 2.14. The molecule has 0 aromatic heterocycles. The zero-order valence-corrected chi connectivity index (χ0v) is 22.6. The molecule has 0 aromatic rings. The van der Waals surface area contributed by atoms with Crippen molar-refractivity contribution in [3.8, 4) is 0 Å². The fourth-order valence-electron chi connectivity index (χ4n) is 4.04. The summed E-state index contributed by atoms with van der Waals surface area (Å²) < 4.78 is 34.7. The first-order valence-corrected chi connectivity index (χ1v) is 14.7. The Hall–Kier alpha value is -0.700. The van der Waals surface area contributed by atoms with E-state index in [1.54, 1.807) is 0 Å². The molecule has 33 heavy (non-hydrogen) atoms. The zero-order chi connectivity index (χ0) is 24.8. The molecule has 0 aliphatic carbocycles. The van der Waals surface area contributed by atoms with Gasteiger partial charge in [-0.05, 0) is 19.3 Å². The van der Waals surface area contributed by atoms with Gasteiger partial charge in [-0.1, -0.05) is 84.0 Å². The maximum absolute atomic E-state index is 12.0. The van der Waals surface area contributed by atoms with Crippen molar-refractivity contribution < 1.29 is 26.4 Å². The third kappa shape index (κ3) is 25.8. The molecule has 2 N–H and O–H groups in total. The number of carbonyl (C=O) groups is 1. The van der Waals surface area contributed by atoms with Crippen molar-refractivity contribution in [3.05, 3.63) is 0 Å². The van der Waals surface area contributed by atoms with Gasteiger partial charge < -0.3 is 9.80 Å². The van der Waals surface area contributed by atoms with Gasteiger partial charge in [-0.2, -0.15) is 8.42 Å². The van der Waals surface area contributed by atoms with Gasteiger partial charge in [-0.15, -0.1) is 0 Å². The summed E-state index contributed by atoms with van der Waals surface area (Å²) in [5.41, 5.74) is 0. The van der Waals surface area contributed by atoms with Crippen LogP contribution in [0.25, 0.3) is 0 Å². The molecule has 198 valence electrons. The van der Waals surface area contributed by atoms with Gasteiger partial charge >= 0.3 is 10.4 Å². The molecule has 0 aromatic carbocycles. The van der Waals surface area contributed by atoms with Crippen LogP contribution in [0.4, 0.5) is 0 Å². The van der Waals surface area contributed by atoms with Crippen LogP contribution in [0.1, 0.15) is 116 Å². The van der Waals surface area contributed by atoms with Crippen LogP contribution in [-0.4, -0.2) is 63.7 Å². The summed E-state index contributed by atoms with van der Waals surface area (Å²) in [6, 6.07) is 0. The third-order valence-electron chi connectivity index (χ3n) is 6.16. The van der Waals surface area contributed by atoms with Crippen LogP contribution >= 0.6 is 0 Å². The van der Waals surface area contributed by atoms with Crippen LogP contribution < -0.4 is 5.32 Å². The summed E-state index contributed by atoms with van der Waals surface area (Å²) in [6.45, 7) is 4.80. The number of hydrogen-bond acceptors (Lipinski definition) is 4. The van der Waals surface area contributed by atoms with Gasteiger partial charge in [0.05, 0.1) is 33.8 Å². The Morgan fingerprint density at radius 3 is 1.76 bits per heavy atom. The molecule has 0 spiro atoms. The van der Waals surface area contributed by atoms with Gasteiger partial charge in [0.2, 0.25) is 5.91 Å². The van der Waals surface area contributed by atoms with E-state index in [1.807, 2.05) is 0 Å². The lowest BCUT2D eigenvalue weighted by Crippen LogP contribution is -2.42. The highest BCUT2D eigenvalue weighted by atomic mass is 32.3. The summed E-state index contributed by atoms with van der Waals surface area (Å²) in [5.74, 6) is 0.158. The van der Waals surface area contributed by atoms with E-state index in [0.29, 0.717) is 19.4 Å². The Kier molecular flexibility index (Phi) is 20.2. The first-order valence-electron chi connectivity index (χ1n) is 13.4. The van der Waals surface area contributed by atoms with E-state index >= 15 is 0 Å². The van der Waals surface area contributed by atoms with Crippen LogP contribution in [0.5, 0.6) is 0 Å². The molecule has 0 atom stereocenters. The summed E-state index contributed by atoms with van der Waals surface area (Å²) in [5, 5.41) is 3.03. The molecule has 0 bridgehead atoms. The van der Waals surface area contributed by atoms with Gasteiger partial charge in [0, 0.05) is 19.4 Å². The number of quaternary nitrogens is 1. The number of nitrogens with zero attached hydrogens (tertiary/aromatic N) is 1. The van der Waals surface area contributed by atoms with Crippen LogP contribution in [0.3, 0.4) is 0 Å². The van der Waals surface area contributed by atoms with E-state index in [1.165, 1.54) is 70.6 Å². The number of unbranched alkanes of at least 4 members (excludes halogenated alkanes) is 13. The Morgan fingerprint density at radius 1 is 0.758 bits per heavy atom. The molecule has 0 rings (SSSR count). The van der Waals surface area contributed by atoms with Crippen molar-refractivity contribution in [1.82, 2.24) is 5.32 Å². The van der Waals surface area contributed by atoms with E-state index in [2.05, 4.69) is 30.5 Å². The predicted molar refractivity (Wildman–Crippen MR) is 137 cm³/mol. The van der Waals surface area contributed by atoms with Crippen molar-refractivity contribution in [2.45, 2.75) is 116 Å². The van der Waals surface area contributed by atoms with E-state index in [-0.39, 0.29) is 12.5 Å². The second kappa shape index (κ2) is 20.7. The summed E-state index contributed by atoms with van der Waals surface area (Å²) in [4.78, 5) is 12.0. The van der Waals surface area contributed by atoms with Crippen molar-refractivity contribution in [2.75, 3.05) is 40.3 Å². The average Bonchev–Trinajstić information content (AvgIpc) is 2.73. The SMILES string of the molecule is CCCCCCCCCCCCCCCC(=O)NCCC[N+](C)(C)CCCCOS(=O)(=O)O. The lowest BCUT2D eigenvalue weighted by molar-refractivity contribution is -0.890. The molecule has 0 saturated carbocycles. The maximum Gasteiger partial charge on any atom is 0.397 e. The van der Waals surface area contributed by atoms with E-state index in [0.717, 1.165) is 43.3 Å². The minimum absolute atomic E-state index is 0.00802. The number of hydrogen-bond donors (Lipinski definition) is 2. The van der Waals surface area contributed by atoms with Crippen LogP contribution in [-0.2, 0) is 19.4 Å². The second-order valence-electron chi connectivity index (χ2n) is 10.0. The molecule has 7 nitrogen and oxygen atoms in total. The Balaban J connectivity index is 3.46. The summed E-state index contributed by atoms with van der Waals surface area (Å²) in [7, 11) is -0.0826. The maximum atomic E-state index is 12.0. The molecular weight excluding hydrogens is 440 g/mol. The normalized spacial score (nSPS) is 12.2. The molecule has 0 radical (unpaired) electrons. The molecule has 0 heterocycles. The summed E-state index contributed by atoms with van der Waals surface area (Å²) in [6.07, 6.45) is 20.0. The molecule has 0 aliphatic heterocycles. The quantitative estimate of drug-likeness (QED) is 0.103. The monoisotopic (exact) mass is 493 g/mol. The fourth-order valence-corrected chi connectivity index (χ4v) is 4.37. The van der Waals surface area contributed by atoms with Gasteiger partial charge in [0.15, 0.2) is 0 Å². The molecule has 0 fully saturated rings. The zero-order valence-electron chi connectivity index (χ0n) is 21.8. The number of rotatable bonds is 24. The Morgan fingerprint density at radius 2 is 1.24 bits per heavy atom. The smallest absolute Gasteiger partial charge is 0.356 e. The molecule has 1 amide bonds. The molecule has 0 aliphatic rings. The molecule has 0 saturated heterocycles. The van der Waals surface area contributed by atoms with E-state index in [9.17, 15) is 13.2 Å². The lowest BCUT2D eigenvalue weighted by atomic mass is 10.0. The minimum atomic E-state index is -4.33.